The molecule has 0 fully saturated rings. The maximum absolute atomic E-state index is 13.2. The number of hydrogen-bond acceptors (Lipinski definition) is 3. The number of aromatic carboxylic acids is 1. The minimum Gasteiger partial charge on any atom is -0.542 e. The van der Waals surface area contributed by atoms with Crippen LogP contribution < -0.4 is 10.0 Å². The second kappa shape index (κ2) is 6.54. The molecule has 2 rings (SSSR count). The summed E-state index contributed by atoms with van der Waals surface area (Å²) in [4.78, 5) is 11.9. The Hall–Kier alpha value is -2.14. The van der Waals surface area contributed by atoms with Crippen LogP contribution in [0.1, 0.15) is 35.7 Å². The molecule has 5 heteroatoms. The molecular weight excluding hydrogens is 273 g/mol. The van der Waals surface area contributed by atoms with Gasteiger partial charge in [0.1, 0.15) is 30.6 Å². The minimum atomic E-state index is -1.32. The summed E-state index contributed by atoms with van der Waals surface area (Å²) < 4.78 is 18.5. The fourth-order valence-electron chi connectivity index (χ4n) is 2.19. The Labute approximate surface area is 122 Å². The fourth-order valence-corrected chi connectivity index (χ4v) is 2.19. The van der Waals surface area contributed by atoms with Gasteiger partial charge in [-0.25, -0.2) is 4.39 Å². The average Bonchev–Trinajstić information content (AvgIpc) is 2.86. The smallest absolute Gasteiger partial charge is 0.159 e. The van der Waals surface area contributed by atoms with E-state index < -0.39 is 5.97 Å². The summed E-state index contributed by atoms with van der Waals surface area (Å²) in [7, 11) is 0. The molecule has 0 amide bonds. The Morgan fingerprint density at radius 1 is 1.29 bits per heavy atom. The van der Waals surface area contributed by atoms with Crippen molar-refractivity contribution in [3.05, 3.63) is 59.3 Å². The standard InChI is InChI=1S/C16H18FNO3/c1-11(2)18(9-12-4-3-5-13(17)8-12)10-14-6-7-15(21-14)16(19)20/h3-8,11H,9-10H2,1-2H3,(H,19,20). The Morgan fingerprint density at radius 2 is 2.05 bits per heavy atom. The van der Waals surface area contributed by atoms with Crippen molar-refractivity contribution in [3.63, 3.8) is 0 Å². The summed E-state index contributed by atoms with van der Waals surface area (Å²) >= 11 is 0. The predicted octanol–water partition coefficient (Wildman–Crippen LogP) is 0.776. The van der Waals surface area contributed by atoms with E-state index in [1.165, 1.54) is 18.2 Å². The van der Waals surface area contributed by atoms with E-state index in [1.54, 1.807) is 12.1 Å². The summed E-state index contributed by atoms with van der Waals surface area (Å²) in [5.41, 5.74) is 0.894. The third kappa shape index (κ3) is 4.16. The molecule has 0 aliphatic heterocycles. The first-order valence-electron chi connectivity index (χ1n) is 6.85. The van der Waals surface area contributed by atoms with Crippen LogP contribution in [0.25, 0.3) is 0 Å². The maximum Gasteiger partial charge on any atom is 0.159 e. The van der Waals surface area contributed by atoms with Crippen molar-refractivity contribution in [2.45, 2.75) is 33.0 Å². The van der Waals surface area contributed by atoms with Crippen LogP contribution >= 0.6 is 0 Å². The Bertz CT molecular complexity index is 621. The van der Waals surface area contributed by atoms with E-state index in [1.807, 2.05) is 6.07 Å². The Kier molecular flexibility index (Phi) is 4.75. The van der Waals surface area contributed by atoms with Gasteiger partial charge in [-0.15, -0.1) is 0 Å². The SMILES string of the molecule is CC(C)[NH+](Cc1cccc(F)c1)Cc1ccc(C(=O)[O-])o1. The van der Waals surface area contributed by atoms with Crippen LogP contribution in [-0.2, 0) is 13.1 Å². The number of hydrogen-bond donors (Lipinski definition) is 1. The highest BCUT2D eigenvalue weighted by atomic mass is 19.1. The highest BCUT2D eigenvalue weighted by molar-refractivity contribution is 5.82. The van der Waals surface area contributed by atoms with Crippen LogP contribution in [0.3, 0.4) is 0 Å². The lowest BCUT2D eigenvalue weighted by Gasteiger charge is -2.22. The number of carbonyl (C=O) groups excluding carboxylic acids is 1. The van der Waals surface area contributed by atoms with E-state index in [0.29, 0.717) is 18.8 Å². The number of carbonyl (C=O) groups is 1. The summed E-state index contributed by atoms with van der Waals surface area (Å²) in [5.74, 6) is -1.17. The van der Waals surface area contributed by atoms with Crippen LogP contribution in [0, 0.1) is 5.82 Å². The lowest BCUT2D eigenvalue weighted by molar-refractivity contribution is -0.949. The first-order chi connectivity index (χ1) is 9.95. The highest BCUT2D eigenvalue weighted by Gasteiger charge is 2.17. The van der Waals surface area contributed by atoms with Gasteiger partial charge in [0.05, 0.1) is 6.04 Å². The van der Waals surface area contributed by atoms with Crippen molar-refractivity contribution < 1.29 is 23.6 Å². The summed E-state index contributed by atoms with van der Waals surface area (Å²) in [6.07, 6.45) is 0. The second-order valence-corrected chi connectivity index (χ2v) is 5.35. The zero-order valence-corrected chi connectivity index (χ0v) is 12.1. The molecule has 0 radical (unpaired) electrons. The van der Waals surface area contributed by atoms with E-state index in [0.717, 1.165) is 10.5 Å². The number of nitrogens with one attached hydrogen (secondary N) is 1. The molecule has 112 valence electrons. The van der Waals surface area contributed by atoms with Gasteiger partial charge >= 0.3 is 0 Å². The van der Waals surface area contributed by atoms with Crippen LogP contribution in [0.5, 0.6) is 0 Å². The van der Waals surface area contributed by atoms with E-state index in [4.69, 9.17) is 4.42 Å². The molecular formula is C16H18FNO3. The monoisotopic (exact) mass is 291 g/mol. The van der Waals surface area contributed by atoms with Gasteiger partial charge < -0.3 is 19.2 Å². The quantitative estimate of drug-likeness (QED) is 0.855. The lowest BCUT2D eigenvalue weighted by atomic mass is 10.2. The largest absolute Gasteiger partial charge is 0.542 e. The third-order valence-corrected chi connectivity index (χ3v) is 3.40. The van der Waals surface area contributed by atoms with E-state index in [2.05, 4.69) is 13.8 Å². The van der Waals surface area contributed by atoms with Gasteiger partial charge in [-0.2, -0.15) is 0 Å². The summed E-state index contributed by atoms with van der Waals surface area (Å²) in [5, 5.41) is 10.7. The third-order valence-electron chi connectivity index (χ3n) is 3.40. The maximum atomic E-state index is 13.2. The van der Waals surface area contributed by atoms with Crippen molar-refractivity contribution in [1.82, 2.24) is 0 Å². The molecule has 1 aromatic heterocycles. The highest BCUT2D eigenvalue weighted by Crippen LogP contribution is 2.07. The van der Waals surface area contributed by atoms with Gasteiger partial charge in [0.25, 0.3) is 0 Å². The topological polar surface area (TPSA) is 57.7 Å². The number of carboxylic acid groups (broad SMARTS) is 1. The Balaban J connectivity index is 2.10. The molecule has 2 aromatic rings. The second-order valence-electron chi connectivity index (χ2n) is 5.35. The van der Waals surface area contributed by atoms with E-state index >= 15 is 0 Å². The van der Waals surface area contributed by atoms with Crippen LogP contribution in [0.4, 0.5) is 4.39 Å². The number of quaternary nitrogens is 1. The molecule has 0 spiro atoms. The van der Waals surface area contributed by atoms with Gasteiger partial charge in [-0.1, -0.05) is 12.1 Å². The molecule has 0 saturated carbocycles. The van der Waals surface area contributed by atoms with Crippen LogP contribution in [0.2, 0.25) is 0 Å². The van der Waals surface area contributed by atoms with Crippen molar-refractivity contribution in [3.8, 4) is 0 Å². The number of halogens is 1. The number of furan rings is 1. The van der Waals surface area contributed by atoms with Gasteiger partial charge in [0, 0.05) is 5.56 Å². The summed E-state index contributed by atoms with van der Waals surface area (Å²) in [6.45, 7) is 5.27. The molecule has 0 bridgehead atoms. The molecule has 1 unspecified atom stereocenters. The zero-order valence-electron chi connectivity index (χ0n) is 12.1. The zero-order chi connectivity index (χ0) is 15.4. The van der Waals surface area contributed by atoms with Gasteiger partial charge in [0.2, 0.25) is 0 Å². The molecule has 0 aliphatic rings. The molecule has 1 aromatic carbocycles. The normalized spacial score (nSPS) is 12.6. The van der Waals surface area contributed by atoms with E-state index in [9.17, 15) is 14.3 Å². The molecule has 0 saturated heterocycles. The average molecular weight is 291 g/mol. The molecule has 1 heterocycles. The first kappa shape index (κ1) is 15.3. The number of rotatable bonds is 6. The molecule has 1 N–H and O–H groups in total. The van der Waals surface area contributed by atoms with Crippen LogP contribution in [0.15, 0.2) is 40.8 Å². The fraction of sp³-hybridized carbons (Fsp3) is 0.312. The van der Waals surface area contributed by atoms with Crippen molar-refractivity contribution >= 4 is 5.97 Å². The van der Waals surface area contributed by atoms with Gasteiger partial charge in [0.15, 0.2) is 5.76 Å². The Morgan fingerprint density at radius 3 is 2.62 bits per heavy atom. The van der Waals surface area contributed by atoms with Gasteiger partial charge in [-0.05, 0) is 38.1 Å². The molecule has 0 aliphatic carbocycles. The summed E-state index contributed by atoms with van der Waals surface area (Å²) in [6, 6.07) is 9.80. The van der Waals surface area contributed by atoms with Crippen LogP contribution in [-0.4, -0.2) is 12.0 Å². The molecule has 4 nitrogen and oxygen atoms in total. The molecule has 21 heavy (non-hydrogen) atoms. The van der Waals surface area contributed by atoms with Crippen molar-refractivity contribution in [1.29, 1.82) is 0 Å². The van der Waals surface area contributed by atoms with Crippen molar-refractivity contribution in [2.24, 2.45) is 0 Å². The number of carboxylic acids is 1. The first-order valence-corrected chi connectivity index (χ1v) is 6.85. The minimum absolute atomic E-state index is 0.168. The molecule has 1 atom stereocenters. The van der Waals surface area contributed by atoms with E-state index in [-0.39, 0.29) is 17.6 Å². The van der Waals surface area contributed by atoms with Gasteiger partial charge in [-0.3, -0.25) is 0 Å². The lowest BCUT2D eigenvalue weighted by Crippen LogP contribution is -3.12. The predicted molar refractivity (Wildman–Crippen MR) is 72.9 cm³/mol. The van der Waals surface area contributed by atoms with Crippen molar-refractivity contribution in [2.75, 3.05) is 0 Å². The number of benzene rings is 1.